The highest BCUT2D eigenvalue weighted by atomic mass is 15.1. The van der Waals surface area contributed by atoms with Gasteiger partial charge >= 0.3 is 0 Å². The van der Waals surface area contributed by atoms with Gasteiger partial charge in [0.25, 0.3) is 0 Å². The maximum absolute atomic E-state index is 2.58. The van der Waals surface area contributed by atoms with Crippen molar-refractivity contribution < 1.29 is 0 Å². The summed E-state index contributed by atoms with van der Waals surface area (Å²) >= 11 is 0. The van der Waals surface area contributed by atoms with E-state index in [1.807, 2.05) is 0 Å². The molecule has 0 aromatic heterocycles. The molecule has 0 aliphatic heterocycles. The van der Waals surface area contributed by atoms with Crippen LogP contribution >= 0.6 is 0 Å². The Balaban J connectivity index is 3.62. The lowest BCUT2D eigenvalue weighted by Gasteiger charge is -2.29. The standard InChI is InChI=1S/C14H31N/c1-7-15(12-14(4,5)6)11-9-8-10-13(2)3/h13H,7-12H2,1-6H3. The van der Waals surface area contributed by atoms with Crippen LogP contribution in [0.3, 0.4) is 0 Å². The molecular weight excluding hydrogens is 182 g/mol. The van der Waals surface area contributed by atoms with Crippen LogP contribution in [0.1, 0.15) is 60.8 Å². The SMILES string of the molecule is CCN(CCCCC(C)C)CC(C)(C)C. The van der Waals surface area contributed by atoms with Gasteiger partial charge in [0.2, 0.25) is 0 Å². The zero-order chi connectivity index (χ0) is 11.9. The minimum absolute atomic E-state index is 0.439. The van der Waals surface area contributed by atoms with Crippen LogP contribution in [-0.4, -0.2) is 24.5 Å². The van der Waals surface area contributed by atoms with Gasteiger partial charge in [-0.25, -0.2) is 0 Å². The van der Waals surface area contributed by atoms with Crippen LogP contribution in [0.2, 0.25) is 0 Å². The summed E-state index contributed by atoms with van der Waals surface area (Å²) in [7, 11) is 0. The minimum atomic E-state index is 0.439. The molecule has 0 bridgehead atoms. The van der Waals surface area contributed by atoms with Gasteiger partial charge in [-0.3, -0.25) is 0 Å². The van der Waals surface area contributed by atoms with Crippen molar-refractivity contribution in [2.45, 2.75) is 60.8 Å². The minimum Gasteiger partial charge on any atom is -0.303 e. The first-order valence-electron chi connectivity index (χ1n) is 6.57. The Kier molecular flexibility index (Phi) is 7.25. The summed E-state index contributed by atoms with van der Waals surface area (Å²) in [5.74, 6) is 0.864. The second kappa shape index (κ2) is 7.27. The highest BCUT2D eigenvalue weighted by molar-refractivity contribution is 4.68. The van der Waals surface area contributed by atoms with Crippen molar-refractivity contribution in [3.05, 3.63) is 0 Å². The quantitative estimate of drug-likeness (QED) is 0.573. The fraction of sp³-hybridized carbons (Fsp3) is 1.00. The molecule has 1 heteroatoms. The van der Waals surface area contributed by atoms with Crippen molar-refractivity contribution in [2.24, 2.45) is 11.3 Å². The zero-order valence-electron chi connectivity index (χ0n) is 11.8. The fourth-order valence-electron chi connectivity index (χ4n) is 1.91. The molecule has 1 nitrogen and oxygen atoms in total. The summed E-state index contributed by atoms with van der Waals surface area (Å²) in [5, 5.41) is 0. The van der Waals surface area contributed by atoms with Gasteiger partial charge in [-0.05, 0) is 30.8 Å². The summed E-state index contributed by atoms with van der Waals surface area (Å²) < 4.78 is 0. The first-order chi connectivity index (χ1) is 6.85. The average Bonchev–Trinajstić information content (AvgIpc) is 2.08. The number of rotatable bonds is 7. The monoisotopic (exact) mass is 213 g/mol. The summed E-state index contributed by atoms with van der Waals surface area (Å²) in [6, 6.07) is 0. The van der Waals surface area contributed by atoms with E-state index in [4.69, 9.17) is 0 Å². The Bertz CT molecular complexity index is 144. The molecule has 0 unspecified atom stereocenters. The number of nitrogens with zero attached hydrogens (tertiary/aromatic N) is 1. The van der Waals surface area contributed by atoms with Gasteiger partial charge in [0.1, 0.15) is 0 Å². The van der Waals surface area contributed by atoms with Crippen molar-refractivity contribution in [2.75, 3.05) is 19.6 Å². The lowest BCUT2D eigenvalue weighted by molar-refractivity contribution is 0.195. The van der Waals surface area contributed by atoms with Crippen LogP contribution in [0.15, 0.2) is 0 Å². The Morgan fingerprint density at radius 2 is 1.67 bits per heavy atom. The van der Waals surface area contributed by atoms with Crippen molar-refractivity contribution in [1.29, 1.82) is 0 Å². The molecule has 0 amide bonds. The van der Waals surface area contributed by atoms with Gasteiger partial charge < -0.3 is 4.90 Å². The number of hydrogen-bond acceptors (Lipinski definition) is 1. The van der Waals surface area contributed by atoms with Gasteiger partial charge in [0.05, 0.1) is 0 Å². The molecule has 0 aromatic carbocycles. The van der Waals surface area contributed by atoms with E-state index < -0.39 is 0 Å². The molecule has 0 atom stereocenters. The van der Waals surface area contributed by atoms with Gasteiger partial charge in [-0.2, -0.15) is 0 Å². The molecule has 0 saturated carbocycles. The predicted octanol–water partition coefficient (Wildman–Crippen LogP) is 4.18. The van der Waals surface area contributed by atoms with E-state index in [2.05, 4.69) is 46.4 Å². The first kappa shape index (κ1) is 15.0. The molecule has 0 heterocycles. The highest BCUT2D eigenvalue weighted by Crippen LogP contribution is 2.16. The summed E-state index contributed by atoms with van der Waals surface area (Å²) in [4.78, 5) is 2.58. The third-order valence-electron chi connectivity index (χ3n) is 2.65. The largest absolute Gasteiger partial charge is 0.303 e. The van der Waals surface area contributed by atoms with Crippen LogP contribution in [0.4, 0.5) is 0 Å². The topological polar surface area (TPSA) is 3.24 Å². The number of hydrogen-bond donors (Lipinski definition) is 0. The molecule has 0 radical (unpaired) electrons. The van der Waals surface area contributed by atoms with E-state index in [1.165, 1.54) is 38.9 Å². The molecule has 92 valence electrons. The van der Waals surface area contributed by atoms with Crippen LogP contribution in [0.5, 0.6) is 0 Å². The van der Waals surface area contributed by atoms with Gasteiger partial charge in [-0.15, -0.1) is 0 Å². The Morgan fingerprint density at radius 1 is 1.07 bits per heavy atom. The summed E-state index contributed by atoms with van der Waals surface area (Å²) in [5.41, 5.74) is 0.439. The summed E-state index contributed by atoms with van der Waals surface area (Å²) in [6.45, 7) is 17.6. The van der Waals surface area contributed by atoms with Crippen LogP contribution in [0, 0.1) is 11.3 Å². The predicted molar refractivity (Wildman–Crippen MR) is 70.3 cm³/mol. The van der Waals surface area contributed by atoms with E-state index in [0.29, 0.717) is 5.41 Å². The molecule has 15 heavy (non-hydrogen) atoms. The summed E-state index contributed by atoms with van der Waals surface area (Å²) in [6.07, 6.45) is 4.13. The third kappa shape index (κ3) is 10.2. The molecule has 0 aliphatic carbocycles. The Labute approximate surface area is 97.2 Å². The molecule has 0 saturated heterocycles. The highest BCUT2D eigenvalue weighted by Gasteiger charge is 2.14. The molecule has 0 spiro atoms. The van der Waals surface area contributed by atoms with Crippen molar-refractivity contribution in [3.8, 4) is 0 Å². The Morgan fingerprint density at radius 3 is 2.07 bits per heavy atom. The van der Waals surface area contributed by atoms with Crippen LogP contribution in [0.25, 0.3) is 0 Å². The lowest BCUT2D eigenvalue weighted by atomic mass is 9.96. The molecule has 0 fully saturated rings. The smallest absolute Gasteiger partial charge is 0.00299 e. The molecule has 0 rings (SSSR count). The van der Waals surface area contributed by atoms with Gasteiger partial charge in [0, 0.05) is 6.54 Å². The molecular formula is C14H31N. The maximum Gasteiger partial charge on any atom is 0.00299 e. The van der Waals surface area contributed by atoms with E-state index >= 15 is 0 Å². The third-order valence-corrected chi connectivity index (χ3v) is 2.65. The van der Waals surface area contributed by atoms with Crippen LogP contribution in [-0.2, 0) is 0 Å². The normalized spacial score (nSPS) is 12.8. The second-order valence-electron chi connectivity index (χ2n) is 6.32. The molecule has 0 aromatic rings. The lowest BCUT2D eigenvalue weighted by Crippen LogP contribution is -2.33. The molecule has 0 N–H and O–H groups in total. The average molecular weight is 213 g/mol. The van der Waals surface area contributed by atoms with Gasteiger partial charge in [0.15, 0.2) is 0 Å². The van der Waals surface area contributed by atoms with Crippen molar-refractivity contribution >= 4 is 0 Å². The van der Waals surface area contributed by atoms with Crippen molar-refractivity contribution in [3.63, 3.8) is 0 Å². The zero-order valence-corrected chi connectivity index (χ0v) is 11.8. The fourth-order valence-corrected chi connectivity index (χ4v) is 1.91. The first-order valence-corrected chi connectivity index (χ1v) is 6.57. The Hall–Kier alpha value is -0.0400. The molecule has 0 aliphatic rings. The van der Waals surface area contributed by atoms with E-state index in [-0.39, 0.29) is 0 Å². The van der Waals surface area contributed by atoms with E-state index in [0.717, 1.165) is 5.92 Å². The van der Waals surface area contributed by atoms with Crippen LogP contribution < -0.4 is 0 Å². The van der Waals surface area contributed by atoms with E-state index in [1.54, 1.807) is 0 Å². The van der Waals surface area contributed by atoms with Crippen molar-refractivity contribution in [1.82, 2.24) is 4.90 Å². The van der Waals surface area contributed by atoms with Gasteiger partial charge in [-0.1, -0.05) is 54.4 Å². The van der Waals surface area contributed by atoms with E-state index in [9.17, 15) is 0 Å². The number of unbranched alkanes of at least 4 members (excludes halogenated alkanes) is 1. The maximum atomic E-state index is 2.58. The second-order valence-corrected chi connectivity index (χ2v) is 6.32.